The van der Waals surface area contributed by atoms with Gasteiger partial charge in [-0.05, 0) is 46.3 Å². The Morgan fingerprint density at radius 1 is 0.767 bits per heavy atom. The van der Waals surface area contributed by atoms with Crippen molar-refractivity contribution in [2.75, 3.05) is 26.3 Å². The molecule has 0 aliphatic rings. The van der Waals surface area contributed by atoms with E-state index in [1.165, 1.54) is 89.9 Å². The SMILES string of the molecule is Br.CCCCCCCCCCCCCCCCN(C)CCCP(=O)(O)OC(C)CC. The van der Waals surface area contributed by atoms with Crippen LogP contribution in [0.1, 0.15) is 124 Å². The average Bonchev–Trinajstić information content (AvgIpc) is 2.67. The zero-order valence-corrected chi connectivity index (χ0v) is 23.2. The van der Waals surface area contributed by atoms with Gasteiger partial charge in [0.25, 0.3) is 0 Å². The number of nitrogens with zero attached hydrogens (tertiary/aromatic N) is 1. The molecule has 0 aromatic heterocycles. The van der Waals surface area contributed by atoms with E-state index in [4.69, 9.17) is 4.52 Å². The van der Waals surface area contributed by atoms with Gasteiger partial charge in [-0.1, -0.05) is 97.3 Å². The van der Waals surface area contributed by atoms with Gasteiger partial charge in [0.05, 0.1) is 12.3 Å². The molecule has 0 aliphatic carbocycles. The summed E-state index contributed by atoms with van der Waals surface area (Å²) in [7, 11) is -1.30. The third-order valence-corrected chi connectivity index (χ3v) is 7.36. The third-order valence-electron chi connectivity index (χ3n) is 5.79. The lowest BCUT2D eigenvalue weighted by molar-refractivity contribution is 0.184. The number of unbranched alkanes of at least 4 members (excludes halogenated alkanes) is 13. The first-order valence-electron chi connectivity index (χ1n) is 12.6. The largest absolute Gasteiger partial charge is 0.328 e. The maximum Gasteiger partial charge on any atom is 0.328 e. The Labute approximate surface area is 199 Å². The van der Waals surface area contributed by atoms with Crippen molar-refractivity contribution in [3.63, 3.8) is 0 Å². The van der Waals surface area contributed by atoms with Gasteiger partial charge in [0.15, 0.2) is 0 Å². The smallest absolute Gasteiger partial charge is 0.324 e. The fourth-order valence-electron chi connectivity index (χ4n) is 3.64. The van der Waals surface area contributed by atoms with E-state index < -0.39 is 7.60 Å². The highest BCUT2D eigenvalue weighted by Gasteiger charge is 2.21. The van der Waals surface area contributed by atoms with Gasteiger partial charge in [0.1, 0.15) is 0 Å². The van der Waals surface area contributed by atoms with Crippen molar-refractivity contribution in [2.45, 2.75) is 130 Å². The minimum Gasteiger partial charge on any atom is -0.324 e. The maximum atomic E-state index is 12.0. The molecule has 4 nitrogen and oxygen atoms in total. The highest BCUT2D eigenvalue weighted by molar-refractivity contribution is 8.93. The molecule has 184 valence electrons. The molecule has 2 unspecified atom stereocenters. The van der Waals surface area contributed by atoms with Crippen LogP contribution in [0.2, 0.25) is 0 Å². The Kier molecular flexibility index (Phi) is 24.9. The van der Waals surface area contributed by atoms with Crippen LogP contribution in [0.25, 0.3) is 0 Å². The van der Waals surface area contributed by atoms with Gasteiger partial charge in [0, 0.05) is 0 Å². The van der Waals surface area contributed by atoms with Gasteiger partial charge < -0.3 is 14.3 Å². The summed E-state index contributed by atoms with van der Waals surface area (Å²) >= 11 is 0. The van der Waals surface area contributed by atoms with Gasteiger partial charge in [0.2, 0.25) is 0 Å². The summed E-state index contributed by atoms with van der Waals surface area (Å²) < 4.78 is 17.2. The van der Waals surface area contributed by atoms with E-state index in [1.807, 2.05) is 13.8 Å². The van der Waals surface area contributed by atoms with Gasteiger partial charge in [-0.15, -0.1) is 17.0 Å². The fourth-order valence-corrected chi connectivity index (χ4v) is 4.99. The predicted molar refractivity (Wildman–Crippen MR) is 138 cm³/mol. The number of halogens is 1. The summed E-state index contributed by atoms with van der Waals surface area (Å²) in [6.07, 6.45) is 21.0. The van der Waals surface area contributed by atoms with Crippen LogP contribution < -0.4 is 0 Å². The van der Waals surface area contributed by atoms with E-state index in [1.54, 1.807) is 0 Å². The van der Waals surface area contributed by atoms with Crippen molar-refractivity contribution in [3.05, 3.63) is 0 Å². The van der Waals surface area contributed by atoms with E-state index in [2.05, 4.69) is 18.9 Å². The van der Waals surface area contributed by atoms with Crippen LogP contribution in [0.5, 0.6) is 0 Å². The molecule has 0 heterocycles. The summed E-state index contributed by atoms with van der Waals surface area (Å²) in [4.78, 5) is 12.1. The zero-order chi connectivity index (χ0) is 21.8. The molecule has 0 spiro atoms. The minimum atomic E-state index is -3.41. The Hall–Kier alpha value is 0.590. The second kappa shape index (κ2) is 22.8. The molecular weight excluding hydrogens is 461 g/mol. The van der Waals surface area contributed by atoms with E-state index in [-0.39, 0.29) is 29.2 Å². The lowest BCUT2D eigenvalue weighted by atomic mass is 10.0. The molecule has 0 aromatic rings. The Morgan fingerprint density at radius 3 is 1.60 bits per heavy atom. The van der Waals surface area contributed by atoms with Crippen LogP contribution in [-0.2, 0) is 9.09 Å². The topological polar surface area (TPSA) is 49.8 Å². The fraction of sp³-hybridized carbons (Fsp3) is 1.00. The van der Waals surface area contributed by atoms with E-state index >= 15 is 0 Å². The lowest BCUT2D eigenvalue weighted by Crippen LogP contribution is -2.22. The van der Waals surface area contributed by atoms with Crippen LogP contribution in [0, 0.1) is 0 Å². The van der Waals surface area contributed by atoms with Crippen molar-refractivity contribution in [1.29, 1.82) is 0 Å². The highest BCUT2D eigenvalue weighted by Crippen LogP contribution is 2.44. The molecule has 0 saturated heterocycles. The van der Waals surface area contributed by atoms with Crippen molar-refractivity contribution in [3.8, 4) is 0 Å². The van der Waals surface area contributed by atoms with E-state index in [0.717, 1.165) is 25.9 Å². The van der Waals surface area contributed by atoms with Crippen LogP contribution >= 0.6 is 24.6 Å². The van der Waals surface area contributed by atoms with Crippen LogP contribution in [0.15, 0.2) is 0 Å². The first-order chi connectivity index (χ1) is 13.9. The first-order valence-corrected chi connectivity index (χ1v) is 14.4. The lowest BCUT2D eigenvalue weighted by Gasteiger charge is -2.19. The van der Waals surface area contributed by atoms with Crippen molar-refractivity contribution in [2.24, 2.45) is 0 Å². The molecule has 0 aliphatic heterocycles. The van der Waals surface area contributed by atoms with Crippen molar-refractivity contribution >= 4 is 24.6 Å². The molecule has 0 saturated carbocycles. The molecule has 0 amide bonds. The van der Waals surface area contributed by atoms with Gasteiger partial charge in [-0.3, -0.25) is 4.57 Å². The number of hydrogen-bond donors (Lipinski definition) is 1. The van der Waals surface area contributed by atoms with Crippen molar-refractivity contribution < 1.29 is 14.0 Å². The summed E-state index contributed by atoms with van der Waals surface area (Å²) in [5.41, 5.74) is 0. The Morgan fingerprint density at radius 2 is 1.17 bits per heavy atom. The van der Waals surface area contributed by atoms with Gasteiger partial charge >= 0.3 is 7.60 Å². The van der Waals surface area contributed by atoms with E-state index in [0.29, 0.717) is 0 Å². The number of hydrogen-bond acceptors (Lipinski definition) is 3. The Balaban J connectivity index is 0. The normalized spacial score (nSPS) is 14.5. The average molecular weight is 515 g/mol. The molecule has 0 rings (SSSR count). The molecule has 6 heteroatoms. The molecule has 0 aromatic carbocycles. The summed E-state index contributed by atoms with van der Waals surface area (Å²) in [6.45, 7) is 8.05. The minimum absolute atomic E-state index is 0. The standard InChI is InChI=1S/C24H52NO3P.BrH/c1-5-7-8-9-10-11-12-13-14-15-16-17-18-19-21-25(4)22-20-23-29(26,27)28-24(3)6-2;/h24H,5-23H2,1-4H3,(H,26,27);1H. The summed E-state index contributed by atoms with van der Waals surface area (Å²) in [5.74, 6) is 0. The van der Waals surface area contributed by atoms with Crippen LogP contribution in [0.4, 0.5) is 0 Å². The van der Waals surface area contributed by atoms with Crippen LogP contribution in [0.3, 0.4) is 0 Å². The molecular formula is C24H53BrNO3P. The van der Waals surface area contributed by atoms with Gasteiger partial charge in [-0.2, -0.15) is 0 Å². The first kappa shape index (κ1) is 32.8. The molecule has 0 radical (unpaired) electrons. The molecule has 2 atom stereocenters. The highest BCUT2D eigenvalue weighted by atomic mass is 79.9. The quantitative estimate of drug-likeness (QED) is 0.116. The molecule has 0 bridgehead atoms. The maximum absolute atomic E-state index is 12.0. The predicted octanol–water partition coefficient (Wildman–Crippen LogP) is 8.37. The monoisotopic (exact) mass is 513 g/mol. The second-order valence-electron chi connectivity index (χ2n) is 8.94. The summed E-state index contributed by atoms with van der Waals surface area (Å²) in [6, 6.07) is 0. The molecule has 0 fully saturated rings. The zero-order valence-electron chi connectivity index (χ0n) is 20.6. The Bertz CT molecular complexity index is 399. The van der Waals surface area contributed by atoms with Crippen LogP contribution in [-0.4, -0.2) is 42.2 Å². The van der Waals surface area contributed by atoms with E-state index in [9.17, 15) is 9.46 Å². The molecule has 30 heavy (non-hydrogen) atoms. The number of rotatable bonds is 22. The third kappa shape index (κ3) is 23.3. The second-order valence-corrected chi connectivity index (χ2v) is 10.9. The van der Waals surface area contributed by atoms with Gasteiger partial charge in [-0.25, -0.2) is 0 Å². The summed E-state index contributed by atoms with van der Waals surface area (Å²) in [5, 5.41) is 0. The molecule has 1 N–H and O–H groups in total. The van der Waals surface area contributed by atoms with Crippen molar-refractivity contribution in [1.82, 2.24) is 4.90 Å².